The fourth-order valence-electron chi connectivity index (χ4n) is 1.44. The Bertz CT molecular complexity index is 403. The van der Waals surface area contributed by atoms with Gasteiger partial charge in [0, 0.05) is 6.42 Å². The molecular weight excluding hydrogens is 172 g/mol. The van der Waals surface area contributed by atoms with Gasteiger partial charge in [0.2, 0.25) is 0 Å². The number of hydrogen-bond acceptors (Lipinski definition) is 1. The molecule has 0 N–H and O–H groups in total. The molecule has 0 saturated carbocycles. The van der Waals surface area contributed by atoms with Gasteiger partial charge in [-0.2, -0.15) is 0 Å². The van der Waals surface area contributed by atoms with Crippen LogP contribution in [-0.4, -0.2) is 7.11 Å². The molecule has 0 aliphatic heterocycles. The zero-order valence-corrected chi connectivity index (χ0v) is 8.16. The number of methoxy groups -OCH3 is 1. The van der Waals surface area contributed by atoms with E-state index >= 15 is 0 Å². The van der Waals surface area contributed by atoms with Crippen LogP contribution in [0.15, 0.2) is 53.8 Å². The van der Waals surface area contributed by atoms with Crippen molar-refractivity contribution < 1.29 is 4.74 Å². The highest BCUT2D eigenvalue weighted by Crippen LogP contribution is 2.15. The van der Waals surface area contributed by atoms with Crippen LogP contribution in [0.25, 0.3) is 0 Å². The van der Waals surface area contributed by atoms with Crippen molar-refractivity contribution in [2.75, 3.05) is 7.11 Å². The molecule has 14 heavy (non-hydrogen) atoms. The Morgan fingerprint density at radius 3 is 2.57 bits per heavy atom. The molecule has 0 fully saturated rings. The van der Waals surface area contributed by atoms with Gasteiger partial charge >= 0.3 is 0 Å². The summed E-state index contributed by atoms with van der Waals surface area (Å²) in [6.07, 6.45) is 6.99. The summed E-state index contributed by atoms with van der Waals surface area (Å²) in [5.41, 5.74) is 5.70. The lowest BCUT2D eigenvalue weighted by Crippen LogP contribution is -1.87. The van der Waals surface area contributed by atoms with Crippen LogP contribution in [0.1, 0.15) is 5.56 Å². The van der Waals surface area contributed by atoms with Crippen LogP contribution in [-0.2, 0) is 6.42 Å². The van der Waals surface area contributed by atoms with E-state index < -0.39 is 0 Å². The number of allylic oxidation sites excluding steroid dienone is 3. The predicted molar refractivity (Wildman–Crippen MR) is 57.4 cm³/mol. The van der Waals surface area contributed by atoms with Gasteiger partial charge in [-0.25, -0.2) is 0 Å². The summed E-state index contributed by atoms with van der Waals surface area (Å²) in [6, 6.07) is 8.13. The molecule has 0 atom stereocenters. The van der Waals surface area contributed by atoms with Crippen molar-refractivity contribution in [3.05, 3.63) is 59.4 Å². The quantitative estimate of drug-likeness (QED) is 0.656. The summed E-state index contributed by atoms with van der Waals surface area (Å²) < 4.78 is 5.10. The standard InChI is InChI=1S/C13H12O/c1-14-13-8-6-12(7-9-13)10-11-4-2-3-5-11/h2-4,6-9H,10H2,1H3. The molecule has 1 aliphatic carbocycles. The number of benzene rings is 1. The largest absolute Gasteiger partial charge is 0.497 e. The number of hydrogen-bond donors (Lipinski definition) is 0. The van der Waals surface area contributed by atoms with Gasteiger partial charge in [-0.15, -0.1) is 5.73 Å². The molecule has 1 aromatic rings. The Hall–Kier alpha value is -1.72. The summed E-state index contributed by atoms with van der Waals surface area (Å²) in [6.45, 7) is 0. The van der Waals surface area contributed by atoms with E-state index in [9.17, 15) is 0 Å². The van der Waals surface area contributed by atoms with Crippen LogP contribution in [0, 0.1) is 0 Å². The van der Waals surface area contributed by atoms with E-state index in [2.05, 4.69) is 23.9 Å². The van der Waals surface area contributed by atoms with E-state index in [-0.39, 0.29) is 0 Å². The first-order chi connectivity index (χ1) is 6.88. The second-order valence-corrected chi connectivity index (χ2v) is 3.22. The minimum atomic E-state index is 0.903. The molecule has 0 spiro atoms. The van der Waals surface area contributed by atoms with E-state index in [0.29, 0.717) is 0 Å². The van der Waals surface area contributed by atoms with Crippen LogP contribution < -0.4 is 4.74 Å². The van der Waals surface area contributed by atoms with Crippen LogP contribution in [0.2, 0.25) is 0 Å². The lowest BCUT2D eigenvalue weighted by molar-refractivity contribution is 0.414. The smallest absolute Gasteiger partial charge is 0.118 e. The minimum absolute atomic E-state index is 0.903. The van der Waals surface area contributed by atoms with Gasteiger partial charge < -0.3 is 4.74 Å². The zero-order chi connectivity index (χ0) is 9.80. The van der Waals surface area contributed by atoms with Crippen molar-refractivity contribution in [1.82, 2.24) is 0 Å². The molecule has 2 rings (SSSR count). The van der Waals surface area contributed by atoms with Gasteiger partial charge in [0.1, 0.15) is 5.75 Å². The number of ether oxygens (including phenoxy) is 1. The summed E-state index contributed by atoms with van der Waals surface area (Å²) in [4.78, 5) is 0. The molecular formula is C13H12O. The average Bonchev–Trinajstić information content (AvgIpc) is 2.72. The van der Waals surface area contributed by atoms with E-state index in [1.165, 1.54) is 11.1 Å². The molecule has 0 heterocycles. The summed E-state index contributed by atoms with van der Waals surface area (Å²) >= 11 is 0. The molecule has 0 aromatic heterocycles. The van der Waals surface area contributed by atoms with Gasteiger partial charge in [0.25, 0.3) is 0 Å². The van der Waals surface area contributed by atoms with Crippen LogP contribution in [0.5, 0.6) is 5.75 Å². The highest BCUT2D eigenvalue weighted by atomic mass is 16.5. The molecule has 0 amide bonds. The lowest BCUT2D eigenvalue weighted by Gasteiger charge is -2.02. The first-order valence-electron chi connectivity index (χ1n) is 4.63. The van der Waals surface area contributed by atoms with Crippen molar-refractivity contribution >= 4 is 0 Å². The first-order valence-corrected chi connectivity index (χ1v) is 4.63. The third-order valence-corrected chi connectivity index (χ3v) is 2.22. The van der Waals surface area contributed by atoms with Crippen molar-refractivity contribution in [3.63, 3.8) is 0 Å². The zero-order valence-electron chi connectivity index (χ0n) is 8.16. The highest BCUT2D eigenvalue weighted by molar-refractivity contribution is 5.36. The van der Waals surface area contributed by atoms with Crippen molar-refractivity contribution in [1.29, 1.82) is 0 Å². The Balaban J connectivity index is 2.10. The highest BCUT2D eigenvalue weighted by Gasteiger charge is 1.98. The maximum atomic E-state index is 5.10. The average molecular weight is 184 g/mol. The van der Waals surface area contributed by atoms with Gasteiger partial charge in [-0.3, -0.25) is 0 Å². The summed E-state index contributed by atoms with van der Waals surface area (Å²) in [5, 5.41) is 0. The third-order valence-electron chi connectivity index (χ3n) is 2.22. The van der Waals surface area contributed by atoms with E-state index in [4.69, 9.17) is 4.74 Å². The third kappa shape index (κ3) is 1.95. The van der Waals surface area contributed by atoms with Gasteiger partial charge in [-0.05, 0) is 29.3 Å². The molecule has 70 valence electrons. The Labute approximate surface area is 84.0 Å². The van der Waals surface area contributed by atoms with E-state index in [1.807, 2.05) is 24.3 Å². The normalized spacial score (nSPS) is 13.1. The maximum absolute atomic E-state index is 5.10. The second-order valence-electron chi connectivity index (χ2n) is 3.22. The van der Waals surface area contributed by atoms with Crippen molar-refractivity contribution in [3.8, 4) is 5.75 Å². The molecule has 1 aliphatic rings. The van der Waals surface area contributed by atoms with Crippen molar-refractivity contribution in [2.45, 2.75) is 6.42 Å². The van der Waals surface area contributed by atoms with Crippen LogP contribution in [0.4, 0.5) is 0 Å². The molecule has 1 heteroatoms. The molecule has 0 saturated heterocycles. The van der Waals surface area contributed by atoms with Crippen molar-refractivity contribution in [2.24, 2.45) is 0 Å². The van der Waals surface area contributed by atoms with Crippen LogP contribution >= 0.6 is 0 Å². The molecule has 0 unspecified atom stereocenters. The SMILES string of the molecule is COc1ccc(CC2=C=CC=C2)cc1. The predicted octanol–water partition coefficient (Wildman–Crippen LogP) is 2.89. The maximum Gasteiger partial charge on any atom is 0.118 e. The molecule has 1 nitrogen and oxygen atoms in total. The lowest BCUT2D eigenvalue weighted by atomic mass is 10.1. The number of rotatable bonds is 3. The minimum Gasteiger partial charge on any atom is -0.497 e. The van der Waals surface area contributed by atoms with Crippen LogP contribution in [0.3, 0.4) is 0 Å². The van der Waals surface area contributed by atoms with E-state index in [0.717, 1.165) is 12.2 Å². The Morgan fingerprint density at radius 2 is 2.00 bits per heavy atom. The van der Waals surface area contributed by atoms with Gasteiger partial charge in [0.05, 0.1) is 7.11 Å². The Morgan fingerprint density at radius 1 is 1.21 bits per heavy atom. The van der Waals surface area contributed by atoms with E-state index in [1.54, 1.807) is 7.11 Å². The monoisotopic (exact) mass is 184 g/mol. The first kappa shape index (κ1) is 8.86. The summed E-state index contributed by atoms with van der Waals surface area (Å²) in [5.74, 6) is 0.903. The van der Waals surface area contributed by atoms with Gasteiger partial charge in [-0.1, -0.05) is 24.3 Å². The topological polar surface area (TPSA) is 9.23 Å². The van der Waals surface area contributed by atoms with Gasteiger partial charge in [0.15, 0.2) is 0 Å². The summed E-state index contributed by atoms with van der Waals surface area (Å²) in [7, 11) is 1.68. The fourth-order valence-corrected chi connectivity index (χ4v) is 1.44. The fraction of sp³-hybridized carbons (Fsp3) is 0.154. The molecule has 0 radical (unpaired) electrons. The Kier molecular flexibility index (Phi) is 2.53. The second kappa shape index (κ2) is 3.99. The molecule has 1 aromatic carbocycles. The molecule has 0 bridgehead atoms.